The van der Waals surface area contributed by atoms with Crippen LogP contribution in [0.5, 0.6) is 0 Å². The summed E-state index contributed by atoms with van der Waals surface area (Å²) in [5, 5.41) is 6.43. The van der Waals surface area contributed by atoms with Crippen LogP contribution in [0.15, 0.2) is 35.6 Å². The van der Waals surface area contributed by atoms with Gasteiger partial charge in [-0.3, -0.25) is 10.1 Å². The van der Waals surface area contributed by atoms with Crippen molar-refractivity contribution < 1.29 is 14.3 Å². The van der Waals surface area contributed by atoms with E-state index >= 15 is 0 Å². The summed E-state index contributed by atoms with van der Waals surface area (Å²) in [6.45, 7) is 13.1. The summed E-state index contributed by atoms with van der Waals surface area (Å²) in [6.07, 6.45) is 2.88. The van der Waals surface area contributed by atoms with Crippen LogP contribution in [0.3, 0.4) is 0 Å². The second-order valence-electron chi connectivity index (χ2n) is 7.47. The summed E-state index contributed by atoms with van der Waals surface area (Å²) < 4.78 is 5.27. The maximum atomic E-state index is 12.5. The van der Waals surface area contributed by atoms with Gasteiger partial charge in [0, 0.05) is 23.5 Å². The number of aromatic nitrogens is 2. The average Bonchev–Trinajstić information content (AvgIpc) is 2.67. The zero-order chi connectivity index (χ0) is 22.9. The standard InChI is InChI=1S/C20H26N4O3S.C2H6/c1-12(2)16(25)15-11-21-18(28-6)24-17(15)22-13-8-7-9-14(10-13)23-19(26)27-20(3,4)5;1-2/h7-12H,1-6H3,(H,23,26)(H,21,22,24);1-2H3. The Bertz CT molecular complexity index is 864. The number of carbonyl (C=O) groups excluding carboxylic acids is 2. The molecule has 0 radical (unpaired) electrons. The second kappa shape index (κ2) is 11.5. The molecule has 1 aromatic carbocycles. The first-order chi connectivity index (χ1) is 14.1. The molecule has 8 heteroatoms. The van der Waals surface area contributed by atoms with Gasteiger partial charge in [-0.15, -0.1) is 0 Å². The number of amides is 1. The SMILES string of the molecule is CC.CSc1ncc(C(=O)C(C)C)c(Nc2cccc(NC(=O)OC(C)(C)C)c2)n1. The van der Waals surface area contributed by atoms with Gasteiger partial charge in [0.25, 0.3) is 0 Å². The summed E-state index contributed by atoms with van der Waals surface area (Å²) in [4.78, 5) is 33.1. The molecule has 0 saturated carbocycles. The Morgan fingerprint density at radius 1 is 1.13 bits per heavy atom. The van der Waals surface area contributed by atoms with Gasteiger partial charge in [0.05, 0.1) is 5.56 Å². The molecule has 2 aromatic rings. The van der Waals surface area contributed by atoms with E-state index in [1.54, 1.807) is 45.2 Å². The summed E-state index contributed by atoms with van der Waals surface area (Å²) in [7, 11) is 0. The number of ketones is 1. The number of hydrogen-bond donors (Lipinski definition) is 2. The van der Waals surface area contributed by atoms with Crippen molar-refractivity contribution in [2.75, 3.05) is 16.9 Å². The van der Waals surface area contributed by atoms with E-state index in [-0.39, 0.29) is 11.7 Å². The van der Waals surface area contributed by atoms with Crippen molar-refractivity contribution in [3.8, 4) is 0 Å². The summed E-state index contributed by atoms with van der Waals surface area (Å²) in [5.41, 5.74) is 1.09. The summed E-state index contributed by atoms with van der Waals surface area (Å²) in [6, 6.07) is 7.11. The van der Waals surface area contributed by atoms with Crippen molar-refractivity contribution in [1.29, 1.82) is 0 Å². The molecule has 1 amide bonds. The molecule has 1 aromatic heterocycles. The van der Waals surface area contributed by atoms with E-state index < -0.39 is 11.7 Å². The number of hydrogen-bond acceptors (Lipinski definition) is 7. The lowest BCUT2D eigenvalue weighted by Crippen LogP contribution is -2.27. The Labute approximate surface area is 183 Å². The summed E-state index contributed by atoms with van der Waals surface area (Å²) in [5.74, 6) is 0.218. The maximum Gasteiger partial charge on any atom is 0.412 e. The lowest BCUT2D eigenvalue weighted by molar-refractivity contribution is 0.0635. The van der Waals surface area contributed by atoms with Crippen molar-refractivity contribution in [2.45, 2.75) is 59.2 Å². The van der Waals surface area contributed by atoms with Crippen LogP contribution in [-0.4, -0.2) is 33.7 Å². The first-order valence-corrected chi connectivity index (χ1v) is 11.1. The number of Topliss-reactive ketones (excluding diaryl/α,β-unsaturated/α-hetero) is 1. The number of ether oxygens (including phenoxy) is 1. The number of thioether (sulfide) groups is 1. The molecule has 0 fully saturated rings. The van der Waals surface area contributed by atoms with Crippen LogP contribution >= 0.6 is 11.8 Å². The minimum Gasteiger partial charge on any atom is -0.444 e. The Morgan fingerprint density at radius 3 is 2.33 bits per heavy atom. The first-order valence-electron chi connectivity index (χ1n) is 9.91. The van der Waals surface area contributed by atoms with Crippen LogP contribution in [-0.2, 0) is 4.74 Å². The highest BCUT2D eigenvalue weighted by molar-refractivity contribution is 7.98. The monoisotopic (exact) mass is 432 g/mol. The van der Waals surface area contributed by atoms with Crippen LogP contribution < -0.4 is 10.6 Å². The second-order valence-corrected chi connectivity index (χ2v) is 8.24. The molecule has 0 aliphatic rings. The van der Waals surface area contributed by atoms with Crippen LogP contribution in [0.4, 0.5) is 22.0 Å². The number of anilines is 3. The molecule has 0 spiro atoms. The zero-order valence-electron chi connectivity index (χ0n) is 19.0. The molecule has 7 nitrogen and oxygen atoms in total. The van der Waals surface area contributed by atoms with E-state index in [4.69, 9.17) is 4.74 Å². The van der Waals surface area contributed by atoms with Gasteiger partial charge < -0.3 is 10.1 Å². The van der Waals surface area contributed by atoms with Gasteiger partial charge >= 0.3 is 6.09 Å². The van der Waals surface area contributed by atoms with Crippen LogP contribution in [0, 0.1) is 5.92 Å². The molecule has 0 aliphatic carbocycles. The van der Waals surface area contributed by atoms with E-state index in [0.717, 1.165) is 0 Å². The highest BCUT2D eigenvalue weighted by Gasteiger charge is 2.19. The van der Waals surface area contributed by atoms with E-state index in [2.05, 4.69) is 20.6 Å². The number of nitrogens with one attached hydrogen (secondary N) is 2. The third kappa shape index (κ3) is 8.02. The van der Waals surface area contributed by atoms with Crippen molar-refractivity contribution in [2.24, 2.45) is 5.92 Å². The lowest BCUT2D eigenvalue weighted by Gasteiger charge is -2.20. The third-order valence-corrected chi connectivity index (χ3v) is 4.07. The van der Waals surface area contributed by atoms with Gasteiger partial charge in [0.15, 0.2) is 10.9 Å². The van der Waals surface area contributed by atoms with E-state index in [1.807, 2.05) is 40.0 Å². The minimum absolute atomic E-state index is 0.0433. The fourth-order valence-corrected chi connectivity index (χ4v) is 2.62. The topological polar surface area (TPSA) is 93.2 Å². The minimum atomic E-state index is -0.582. The van der Waals surface area contributed by atoms with E-state index in [0.29, 0.717) is 27.9 Å². The van der Waals surface area contributed by atoms with Crippen LogP contribution in [0.25, 0.3) is 0 Å². The molecule has 30 heavy (non-hydrogen) atoms. The fraction of sp³-hybridized carbons (Fsp3) is 0.455. The molecule has 0 saturated heterocycles. The molecule has 2 N–H and O–H groups in total. The first kappa shape index (κ1) is 25.4. The largest absolute Gasteiger partial charge is 0.444 e. The predicted molar refractivity (Wildman–Crippen MR) is 124 cm³/mol. The van der Waals surface area contributed by atoms with Crippen LogP contribution in [0.1, 0.15) is 58.8 Å². The lowest BCUT2D eigenvalue weighted by atomic mass is 10.0. The van der Waals surface area contributed by atoms with Gasteiger partial charge in [-0.05, 0) is 45.2 Å². The van der Waals surface area contributed by atoms with Gasteiger partial charge in [-0.2, -0.15) is 0 Å². The zero-order valence-corrected chi connectivity index (χ0v) is 19.8. The Kier molecular flexibility index (Phi) is 9.78. The highest BCUT2D eigenvalue weighted by atomic mass is 32.2. The molecule has 164 valence electrons. The Morgan fingerprint density at radius 2 is 1.77 bits per heavy atom. The van der Waals surface area contributed by atoms with Crippen molar-refractivity contribution in [3.63, 3.8) is 0 Å². The predicted octanol–water partition coefficient (Wildman–Crippen LogP) is 6.15. The van der Waals surface area contributed by atoms with E-state index in [9.17, 15) is 9.59 Å². The van der Waals surface area contributed by atoms with Crippen LogP contribution in [0.2, 0.25) is 0 Å². The highest BCUT2D eigenvalue weighted by Crippen LogP contribution is 2.25. The Hall–Kier alpha value is -2.61. The molecule has 0 bridgehead atoms. The van der Waals surface area contributed by atoms with Crippen molar-refractivity contribution >= 4 is 40.8 Å². The van der Waals surface area contributed by atoms with Gasteiger partial charge in [0.1, 0.15) is 11.4 Å². The molecule has 0 aliphatic heterocycles. The fourth-order valence-electron chi connectivity index (χ4n) is 2.28. The molecule has 2 rings (SSSR count). The van der Waals surface area contributed by atoms with Crippen molar-refractivity contribution in [1.82, 2.24) is 9.97 Å². The van der Waals surface area contributed by atoms with Gasteiger partial charge in [0.2, 0.25) is 0 Å². The number of nitrogens with zero attached hydrogens (tertiary/aromatic N) is 2. The normalized spacial score (nSPS) is 10.7. The molecular formula is C22H32N4O3S. The molecule has 1 heterocycles. The van der Waals surface area contributed by atoms with Crippen molar-refractivity contribution in [3.05, 3.63) is 36.0 Å². The van der Waals surface area contributed by atoms with Gasteiger partial charge in [-0.25, -0.2) is 14.8 Å². The number of rotatable bonds is 6. The molecule has 0 atom stereocenters. The number of benzene rings is 1. The maximum absolute atomic E-state index is 12.5. The Balaban J connectivity index is 0.00000218. The smallest absolute Gasteiger partial charge is 0.412 e. The van der Waals surface area contributed by atoms with Gasteiger partial charge in [-0.1, -0.05) is 45.5 Å². The van der Waals surface area contributed by atoms with E-state index in [1.165, 1.54) is 11.8 Å². The third-order valence-electron chi connectivity index (χ3n) is 3.51. The number of carbonyl (C=O) groups is 2. The molecular weight excluding hydrogens is 400 g/mol. The molecule has 0 unspecified atom stereocenters. The quantitative estimate of drug-likeness (QED) is 0.321. The summed E-state index contributed by atoms with van der Waals surface area (Å²) >= 11 is 1.39. The average molecular weight is 433 g/mol.